The number of fused-ring (bicyclic) bond motifs is 3. The van der Waals surface area contributed by atoms with Gasteiger partial charge in [-0.3, -0.25) is 0 Å². The predicted octanol–water partition coefficient (Wildman–Crippen LogP) is 1.22. The van der Waals surface area contributed by atoms with E-state index in [4.69, 9.17) is 11.6 Å². The van der Waals surface area contributed by atoms with Gasteiger partial charge in [-0.1, -0.05) is 11.6 Å². The van der Waals surface area contributed by atoms with E-state index in [0.717, 1.165) is 49.0 Å². The van der Waals surface area contributed by atoms with Crippen LogP contribution in [-0.2, 0) is 7.05 Å². The van der Waals surface area contributed by atoms with Crippen molar-refractivity contribution in [3.63, 3.8) is 0 Å². The molecule has 6 nitrogen and oxygen atoms in total. The highest BCUT2D eigenvalue weighted by atomic mass is 35.5. The maximum atomic E-state index is 13.9. The first-order valence-electron chi connectivity index (χ1n) is 7.56. The Kier molecular flexibility index (Phi) is 3.35. The van der Waals surface area contributed by atoms with Crippen molar-refractivity contribution in [2.45, 2.75) is 6.92 Å². The minimum absolute atomic E-state index is 0.0926. The number of aromatic nitrogens is 4. The summed E-state index contributed by atoms with van der Waals surface area (Å²) in [5.41, 5.74) is 1.45. The zero-order chi connectivity index (χ0) is 16.1. The monoisotopic (exact) mass is 335 g/mol. The van der Waals surface area contributed by atoms with Crippen molar-refractivity contribution in [1.82, 2.24) is 19.9 Å². The molecule has 23 heavy (non-hydrogen) atoms. The van der Waals surface area contributed by atoms with Crippen LogP contribution in [0.2, 0.25) is 5.02 Å². The van der Waals surface area contributed by atoms with Gasteiger partial charge in [-0.25, -0.2) is 8.96 Å². The molecule has 0 saturated carbocycles. The highest BCUT2D eigenvalue weighted by Gasteiger charge is 2.27. The molecule has 1 fully saturated rings. The lowest BCUT2D eigenvalue weighted by atomic mass is 10.2. The van der Waals surface area contributed by atoms with E-state index in [1.807, 2.05) is 23.1 Å². The molecule has 0 amide bonds. The molecule has 0 unspecified atom stereocenters. The topological polar surface area (TPSA) is 49.3 Å². The Morgan fingerprint density at radius 3 is 2.78 bits per heavy atom. The maximum absolute atomic E-state index is 13.9. The van der Waals surface area contributed by atoms with Gasteiger partial charge >= 0.3 is 5.95 Å². The normalized spacial score (nSPS) is 15.7. The van der Waals surface area contributed by atoms with Gasteiger partial charge in [0.25, 0.3) is 11.5 Å². The van der Waals surface area contributed by atoms with Crippen LogP contribution in [-0.4, -0.2) is 40.8 Å². The molecule has 120 valence electrons. The van der Waals surface area contributed by atoms with Crippen molar-refractivity contribution in [1.29, 1.82) is 0 Å². The average Bonchev–Trinajstić information content (AvgIpc) is 2.85. The fourth-order valence-electron chi connectivity index (χ4n) is 3.02. The summed E-state index contributed by atoms with van der Waals surface area (Å²) in [7, 11) is 1.94. The molecule has 0 spiro atoms. The van der Waals surface area contributed by atoms with Gasteiger partial charge in [-0.2, -0.15) is 4.98 Å². The zero-order valence-corrected chi connectivity index (χ0v) is 13.7. The van der Waals surface area contributed by atoms with Gasteiger partial charge in [-0.15, -0.1) is 0 Å². The number of hydrogen-bond donors (Lipinski definition) is 1. The average molecular weight is 336 g/mol. The van der Waals surface area contributed by atoms with Crippen LogP contribution < -0.4 is 14.8 Å². The quantitative estimate of drug-likeness (QED) is 0.679. The molecule has 0 atom stereocenters. The summed E-state index contributed by atoms with van der Waals surface area (Å²) in [6.07, 6.45) is 0. The van der Waals surface area contributed by atoms with E-state index in [9.17, 15) is 4.39 Å². The molecule has 2 aromatic heterocycles. The molecule has 3 aromatic rings. The molecular formula is C15H17ClFN6+. The first kappa shape index (κ1) is 14.6. The van der Waals surface area contributed by atoms with E-state index in [1.165, 1.54) is 6.07 Å². The third-order valence-electron chi connectivity index (χ3n) is 4.34. The number of rotatable bonds is 1. The number of piperazine rings is 1. The Morgan fingerprint density at radius 2 is 2.04 bits per heavy atom. The SMILES string of the molecule is Cc1nn2c(N3CCNCC3)nc3cc(F)c(Cl)cc3c2[n+]1C. The van der Waals surface area contributed by atoms with Crippen molar-refractivity contribution in [3.05, 3.63) is 28.8 Å². The van der Waals surface area contributed by atoms with Gasteiger partial charge in [0, 0.05) is 44.3 Å². The number of benzene rings is 1. The summed E-state index contributed by atoms with van der Waals surface area (Å²) in [4.78, 5) is 6.84. The van der Waals surface area contributed by atoms with Gasteiger partial charge < -0.3 is 10.2 Å². The van der Waals surface area contributed by atoms with Gasteiger partial charge in [0.1, 0.15) is 5.82 Å². The minimum Gasteiger partial charge on any atom is -0.324 e. The van der Waals surface area contributed by atoms with Gasteiger partial charge in [0.2, 0.25) is 0 Å². The molecule has 0 radical (unpaired) electrons. The Balaban J connectivity index is 2.08. The third-order valence-corrected chi connectivity index (χ3v) is 4.63. The maximum Gasteiger partial charge on any atom is 0.306 e. The molecule has 4 rings (SSSR count). The Morgan fingerprint density at radius 1 is 1.30 bits per heavy atom. The lowest BCUT2D eigenvalue weighted by molar-refractivity contribution is -0.651. The van der Waals surface area contributed by atoms with Crippen molar-refractivity contribution >= 4 is 34.1 Å². The van der Waals surface area contributed by atoms with Crippen LogP contribution in [0.1, 0.15) is 5.82 Å². The Labute approximate surface area is 137 Å². The summed E-state index contributed by atoms with van der Waals surface area (Å²) < 4.78 is 17.7. The fourth-order valence-corrected chi connectivity index (χ4v) is 3.18. The number of anilines is 1. The minimum atomic E-state index is -0.457. The van der Waals surface area contributed by atoms with E-state index >= 15 is 0 Å². The van der Waals surface area contributed by atoms with Crippen molar-refractivity contribution in [2.75, 3.05) is 31.1 Å². The molecule has 3 heterocycles. The smallest absolute Gasteiger partial charge is 0.306 e. The van der Waals surface area contributed by atoms with Crippen molar-refractivity contribution in [3.8, 4) is 0 Å². The largest absolute Gasteiger partial charge is 0.324 e. The summed E-state index contributed by atoms with van der Waals surface area (Å²) in [6, 6.07) is 3.02. The summed E-state index contributed by atoms with van der Waals surface area (Å²) in [6.45, 7) is 5.40. The first-order chi connectivity index (χ1) is 11.1. The Bertz CT molecular complexity index is 916. The van der Waals surface area contributed by atoms with E-state index in [2.05, 4.69) is 20.3 Å². The molecule has 0 bridgehead atoms. The lowest BCUT2D eigenvalue weighted by Crippen LogP contribution is -2.44. The number of aryl methyl sites for hydroxylation is 2. The Hall–Kier alpha value is -1.99. The lowest BCUT2D eigenvalue weighted by Gasteiger charge is -2.26. The van der Waals surface area contributed by atoms with E-state index in [1.54, 1.807) is 6.07 Å². The van der Waals surface area contributed by atoms with E-state index in [0.29, 0.717) is 5.52 Å². The number of hydrogen-bond acceptors (Lipinski definition) is 4. The van der Waals surface area contributed by atoms with Gasteiger partial charge in [-0.05, 0) is 10.6 Å². The summed E-state index contributed by atoms with van der Waals surface area (Å²) in [5.74, 6) is 1.14. The second kappa shape index (κ2) is 5.28. The second-order valence-electron chi connectivity index (χ2n) is 5.77. The third kappa shape index (κ3) is 2.22. The van der Waals surface area contributed by atoms with E-state index < -0.39 is 5.82 Å². The standard InChI is InChI=1S/C15H17ClFN6/c1-9-20-23-14(21(9)2)10-7-11(16)12(17)8-13(10)19-15(23)22-5-3-18-4-6-22/h7-8,18H,3-6H2,1-2H3/q+1. The fraction of sp³-hybridized carbons (Fsp3) is 0.400. The van der Waals surface area contributed by atoms with Crippen molar-refractivity contribution in [2.24, 2.45) is 7.05 Å². The van der Waals surface area contributed by atoms with Crippen LogP contribution in [0.3, 0.4) is 0 Å². The molecule has 0 aliphatic carbocycles. The first-order valence-corrected chi connectivity index (χ1v) is 7.94. The molecule has 1 aromatic carbocycles. The highest BCUT2D eigenvalue weighted by molar-refractivity contribution is 6.31. The molecule has 1 aliphatic heterocycles. The predicted molar refractivity (Wildman–Crippen MR) is 86.5 cm³/mol. The van der Waals surface area contributed by atoms with Crippen molar-refractivity contribution < 1.29 is 8.96 Å². The molecule has 1 aliphatic rings. The van der Waals surface area contributed by atoms with Gasteiger partial charge in [0.05, 0.1) is 23.0 Å². The highest BCUT2D eigenvalue weighted by Crippen LogP contribution is 2.27. The van der Waals surface area contributed by atoms with Crippen LogP contribution in [0.5, 0.6) is 0 Å². The van der Waals surface area contributed by atoms with Crippen LogP contribution in [0.4, 0.5) is 10.3 Å². The summed E-state index contributed by atoms with van der Waals surface area (Å²) in [5, 5.41) is 8.81. The number of nitrogens with one attached hydrogen (secondary N) is 1. The van der Waals surface area contributed by atoms with Crippen LogP contribution in [0, 0.1) is 12.7 Å². The van der Waals surface area contributed by atoms with Crippen LogP contribution in [0.25, 0.3) is 16.6 Å². The molecule has 1 N–H and O–H groups in total. The zero-order valence-electron chi connectivity index (χ0n) is 13.0. The second-order valence-corrected chi connectivity index (χ2v) is 6.18. The molecule has 8 heteroatoms. The van der Waals surface area contributed by atoms with Crippen LogP contribution >= 0.6 is 11.6 Å². The molecule has 1 saturated heterocycles. The number of nitrogens with zero attached hydrogens (tertiary/aromatic N) is 5. The summed E-state index contributed by atoms with van der Waals surface area (Å²) >= 11 is 5.98. The van der Waals surface area contributed by atoms with Crippen LogP contribution in [0.15, 0.2) is 12.1 Å². The van der Waals surface area contributed by atoms with Gasteiger partial charge in [0.15, 0.2) is 0 Å². The molecular weight excluding hydrogens is 319 g/mol. The number of halogens is 2. The van der Waals surface area contributed by atoms with E-state index in [-0.39, 0.29) is 5.02 Å².